The lowest BCUT2D eigenvalue weighted by Crippen LogP contribution is -2.65. The van der Waals surface area contributed by atoms with Gasteiger partial charge in [-0.1, -0.05) is 78.0 Å². The Morgan fingerprint density at radius 1 is 0.545 bits per heavy atom. The summed E-state index contributed by atoms with van der Waals surface area (Å²) in [5, 5.41) is 3.78. The maximum atomic E-state index is 13.8. The quantitative estimate of drug-likeness (QED) is 0.0458. The molecule has 14 heteroatoms. The average Bonchev–Trinajstić information content (AvgIpc) is 3.24. The van der Waals surface area contributed by atoms with Crippen molar-refractivity contribution in [3.63, 3.8) is 0 Å². The molecule has 5 atom stereocenters. The molecule has 0 bridgehead atoms. The number of benzene rings is 4. The molecule has 1 saturated heterocycles. The van der Waals surface area contributed by atoms with Gasteiger partial charge in [-0.3, -0.25) is 4.98 Å². The Morgan fingerprint density at radius 3 is 1.45 bits per heavy atom. The number of pyridine rings is 1. The summed E-state index contributed by atoms with van der Waals surface area (Å²) in [6, 6.07) is 34.7. The van der Waals surface area contributed by atoms with E-state index in [1.54, 1.807) is 72.8 Å². The Kier molecular flexibility index (Phi) is 12.3. The van der Waals surface area contributed by atoms with Gasteiger partial charge >= 0.3 is 29.8 Å². The zero-order valence-electron chi connectivity index (χ0n) is 28.9. The van der Waals surface area contributed by atoms with Crippen molar-refractivity contribution in [2.75, 3.05) is 6.61 Å². The molecule has 0 saturated carbocycles. The molecule has 0 amide bonds. The smallest absolute Gasteiger partial charge is 0.367 e. The van der Waals surface area contributed by atoms with E-state index >= 15 is 0 Å². The van der Waals surface area contributed by atoms with E-state index in [4.69, 9.17) is 34.3 Å². The minimum absolute atomic E-state index is 0.0453. The third-order valence-electron chi connectivity index (χ3n) is 8.20. The molecule has 2 N–H and O–H groups in total. The Hall–Kier alpha value is -7.19. The number of hydrogen-bond donors (Lipinski definition) is 1. The second-order valence-corrected chi connectivity index (χ2v) is 11.9. The molecule has 5 aromatic rings. The molecule has 14 nitrogen and oxygen atoms in total. The van der Waals surface area contributed by atoms with Crippen molar-refractivity contribution >= 4 is 35.7 Å². The fraction of sp³-hybridized carbons (Fsp3) is 0.146. The predicted octanol–water partition coefficient (Wildman–Crippen LogP) is 4.81. The number of rotatable bonds is 12. The topological polar surface area (TPSA) is 192 Å². The van der Waals surface area contributed by atoms with Crippen molar-refractivity contribution < 1.29 is 52.5 Å². The summed E-state index contributed by atoms with van der Waals surface area (Å²) >= 11 is 0. The van der Waals surface area contributed by atoms with Crippen LogP contribution < -0.4 is 5.73 Å². The van der Waals surface area contributed by atoms with Gasteiger partial charge in [-0.15, -0.1) is 0 Å². The fourth-order valence-corrected chi connectivity index (χ4v) is 5.49. The van der Waals surface area contributed by atoms with Crippen LogP contribution in [0.1, 0.15) is 51.8 Å². The maximum Gasteiger partial charge on any atom is 0.367 e. The van der Waals surface area contributed by atoms with Gasteiger partial charge in [-0.05, 0) is 60.7 Å². The van der Waals surface area contributed by atoms with Crippen LogP contribution >= 0.6 is 0 Å². The van der Waals surface area contributed by atoms with Crippen LogP contribution in [0.15, 0.2) is 151 Å². The molecule has 0 unspecified atom stereocenters. The van der Waals surface area contributed by atoms with Crippen molar-refractivity contribution in [1.29, 1.82) is 0 Å². The molecule has 0 spiro atoms. The zero-order chi connectivity index (χ0) is 38.6. The number of amidine groups is 1. The summed E-state index contributed by atoms with van der Waals surface area (Å²) in [6.07, 6.45) is -5.36. The van der Waals surface area contributed by atoms with E-state index in [2.05, 4.69) is 10.1 Å². The number of carbonyl (C=O) groups excluding carboxylic acids is 5. The second kappa shape index (κ2) is 18.0. The number of carbonyl (C=O) groups is 5. The predicted molar refractivity (Wildman–Crippen MR) is 194 cm³/mol. The molecular formula is C41H33N3O11. The van der Waals surface area contributed by atoms with Crippen LogP contribution in [0.3, 0.4) is 0 Å². The number of hydrogen-bond acceptors (Lipinski definition) is 13. The third-order valence-corrected chi connectivity index (χ3v) is 8.20. The van der Waals surface area contributed by atoms with Crippen LogP contribution in [-0.2, 0) is 28.5 Å². The van der Waals surface area contributed by atoms with Gasteiger partial charge in [0, 0.05) is 12.4 Å². The molecule has 1 fully saturated rings. The summed E-state index contributed by atoms with van der Waals surface area (Å²) in [7, 11) is 0. The van der Waals surface area contributed by atoms with Gasteiger partial charge in [-0.2, -0.15) is 0 Å². The molecule has 278 valence electrons. The monoisotopic (exact) mass is 743 g/mol. The summed E-state index contributed by atoms with van der Waals surface area (Å²) in [5.74, 6) is -4.89. The normalized spacial score (nSPS) is 19.3. The molecule has 0 radical (unpaired) electrons. The van der Waals surface area contributed by atoms with Crippen molar-refractivity contribution in [3.8, 4) is 0 Å². The lowest BCUT2D eigenvalue weighted by molar-refractivity contribution is -0.213. The molecule has 0 aliphatic carbocycles. The number of nitrogens with two attached hydrogens (primary N) is 1. The highest BCUT2D eigenvalue weighted by Gasteiger charge is 2.54. The fourth-order valence-electron chi connectivity index (χ4n) is 5.49. The number of ether oxygens (including phenoxy) is 5. The van der Waals surface area contributed by atoms with Gasteiger partial charge in [0.15, 0.2) is 30.3 Å². The van der Waals surface area contributed by atoms with Crippen molar-refractivity contribution in [2.24, 2.45) is 10.9 Å². The Balaban J connectivity index is 1.42. The Labute approximate surface area is 314 Å². The first-order valence-corrected chi connectivity index (χ1v) is 16.9. The van der Waals surface area contributed by atoms with Crippen molar-refractivity contribution in [3.05, 3.63) is 174 Å². The van der Waals surface area contributed by atoms with E-state index < -0.39 is 72.8 Å². The molecule has 4 aromatic carbocycles. The Bertz CT molecular complexity index is 2120. The highest BCUT2D eigenvalue weighted by molar-refractivity contribution is 5.93. The Morgan fingerprint density at radius 2 is 0.982 bits per heavy atom. The first kappa shape index (κ1) is 37.6. The van der Waals surface area contributed by atoms with Gasteiger partial charge in [0.25, 0.3) is 0 Å². The number of aromatic nitrogens is 1. The third kappa shape index (κ3) is 9.63. The summed E-state index contributed by atoms with van der Waals surface area (Å²) in [6.45, 7) is -0.585. The molecule has 55 heavy (non-hydrogen) atoms. The summed E-state index contributed by atoms with van der Waals surface area (Å²) < 4.78 is 29.9. The second-order valence-electron chi connectivity index (χ2n) is 11.9. The molecule has 2 heterocycles. The van der Waals surface area contributed by atoms with Gasteiger partial charge in [0.1, 0.15) is 12.7 Å². The summed E-state index contributed by atoms with van der Waals surface area (Å²) in [4.78, 5) is 76.0. The minimum Gasteiger partial charge on any atom is -0.459 e. The number of nitrogens with zero attached hydrogens (tertiary/aromatic N) is 2. The highest BCUT2D eigenvalue weighted by atomic mass is 16.7. The van der Waals surface area contributed by atoms with E-state index in [-0.39, 0.29) is 27.8 Å². The molecule has 1 aliphatic rings. The molecule has 1 aliphatic heterocycles. The van der Waals surface area contributed by atoms with Crippen LogP contribution in [-0.4, -0.2) is 77.8 Å². The van der Waals surface area contributed by atoms with Crippen molar-refractivity contribution in [2.45, 2.75) is 30.5 Å². The van der Waals surface area contributed by atoms with Crippen LogP contribution in [0.5, 0.6) is 0 Å². The highest BCUT2D eigenvalue weighted by Crippen LogP contribution is 2.31. The number of oxime groups is 1. The first-order valence-electron chi connectivity index (χ1n) is 16.9. The van der Waals surface area contributed by atoms with Gasteiger partial charge < -0.3 is 34.3 Å². The van der Waals surface area contributed by atoms with E-state index in [9.17, 15) is 24.0 Å². The average molecular weight is 744 g/mol. The van der Waals surface area contributed by atoms with Gasteiger partial charge in [0.2, 0.25) is 0 Å². The zero-order valence-corrected chi connectivity index (χ0v) is 28.9. The summed E-state index contributed by atoms with van der Waals surface area (Å²) in [5.41, 5.74) is 7.00. The van der Waals surface area contributed by atoms with Gasteiger partial charge in [-0.25, -0.2) is 24.0 Å². The van der Waals surface area contributed by atoms with Crippen LogP contribution in [0.4, 0.5) is 0 Å². The van der Waals surface area contributed by atoms with E-state index in [1.807, 2.05) is 0 Å². The molecular weight excluding hydrogens is 710 g/mol. The molecule has 6 rings (SSSR count). The van der Waals surface area contributed by atoms with Crippen molar-refractivity contribution in [1.82, 2.24) is 4.98 Å². The largest absolute Gasteiger partial charge is 0.459 e. The lowest BCUT2D eigenvalue weighted by atomic mass is 9.93. The van der Waals surface area contributed by atoms with E-state index in [1.165, 1.54) is 73.1 Å². The van der Waals surface area contributed by atoms with Gasteiger partial charge in [0.05, 0.1) is 27.8 Å². The lowest BCUT2D eigenvalue weighted by Gasteiger charge is -2.44. The SMILES string of the molecule is N/C(=N\OC(=O)c1cccnc1)[C@@H]1O[C@H](COC(=O)c2ccccc2)[C@@H](OC(=O)c2ccccc2)[C@H](OC(=O)c2ccccc2)[C@H]1OC(=O)c1ccccc1. The minimum atomic E-state index is -1.70. The maximum absolute atomic E-state index is 13.8. The van der Waals surface area contributed by atoms with Crippen LogP contribution in [0, 0.1) is 0 Å². The van der Waals surface area contributed by atoms with E-state index in [0.717, 1.165) is 0 Å². The molecule has 1 aromatic heterocycles. The van der Waals surface area contributed by atoms with Crippen LogP contribution in [0.25, 0.3) is 0 Å². The number of esters is 4. The van der Waals surface area contributed by atoms with Crippen LogP contribution in [0.2, 0.25) is 0 Å². The standard InChI is InChI=1S/C41H33N3O11/c42-36(44-55-41(49)30-22-13-23-43-24-30)35-34(54-40(48)29-20-11-4-12-21-29)33(53-39(47)28-18-9-3-10-19-28)32(52-38(46)27-16-7-2-8-17-27)31(51-35)25-50-37(45)26-14-5-1-6-15-26/h1-24,31-35H,25H2,(H2,42,44)/t31-,32-,33+,34-,35-/m1/s1. The first-order chi connectivity index (χ1) is 26.8. The van der Waals surface area contributed by atoms with E-state index in [0.29, 0.717) is 0 Å².